The van der Waals surface area contributed by atoms with Crippen LogP contribution in [-0.2, 0) is 4.79 Å². The molecule has 8 heteroatoms. The van der Waals surface area contributed by atoms with Crippen molar-refractivity contribution in [1.29, 1.82) is 0 Å². The summed E-state index contributed by atoms with van der Waals surface area (Å²) in [7, 11) is 0. The number of anilines is 1. The predicted octanol–water partition coefficient (Wildman–Crippen LogP) is 4.98. The quantitative estimate of drug-likeness (QED) is 0.455. The Bertz CT molecular complexity index is 1060. The molecule has 3 rings (SSSR count). The molecule has 0 unspecified atom stereocenters. The van der Waals surface area contributed by atoms with Gasteiger partial charge in [0.1, 0.15) is 11.5 Å². The van der Waals surface area contributed by atoms with E-state index in [1.807, 2.05) is 0 Å². The number of halogens is 2. The fraction of sp³-hybridized carbons (Fsp3) is 0.0500. The summed E-state index contributed by atoms with van der Waals surface area (Å²) in [4.78, 5) is 23.3. The lowest BCUT2D eigenvalue weighted by atomic mass is 10.2. The van der Waals surface area contributed by atoms with E-state index < -0.39 is 5.91 Å². The average molecular weight is 416 g/mol. The largest absolute Gasteiger partial charge is 0.455 e. The minimum Gasteiger partial charge on any atom is -0.455 e. The zero-order valence-corrected chi connectivity index (χ0v) is 16.2. The molecule has 28 heavy (non-hydrogen) atoms. The Morgan fingerprint density at radius 2 is 1.89 bits per heavy atom. The summed E-state index contributed by atoms with van der Waals surface area (Å²) in [5.41, 5.74) is 3.99. The maximum Gasteiger partial charge on any atom is 0.271 e. The summed E-state index contributed by atoms with van der Waals surface area (Å²) in [6, 6.07) is 15.1. The molecule has 1 heterocycles. The third kappa shape index (κ3) is 5.00. The number of furan rings is 1. The van der Waals surface area contributed by atoms with Crippen LogP contribution in [0, 0.1) is 0 Å². The first-order chi connectivity index (χ1) is 13.4. The molecular formula is C20H15Cl2N3O3. The number of benzene rings is 2. The molecule has 0 bridgehead atoms. The Labute approximate surface area is 171 Å². The van der Waals surface area contributed by atoms with E-state index >= 15 is 0 Å². The van der Waals surface area contributed by atoms with E-state index in [4.69, 9.17) is 27.6 Å². The molecule has 0 saturated heterocycles. The van der Waals surface area contributed by atoms with Crippen LogP contribution in [0.1, 0.15) is 23.0 Å². The van der Waals surface area contributed by atoms with Crippen molar-refractivity contribution in [1.82, 2.24) is 5.43 Å². The molecule has 0 saturated carbocycles. The Balaban J connectivity index is 1.66. The number of amides is 2. The first kappa shape index (κ1) is 19.7. The van der Waals surface area contributed by atoms with Crippen molar-refractivity contribution < 1.29 is 14.0 Å². The van der Waals surface area contributed by atoms with Gasteiger partial charge in [0, 0.05) is 28.8 Å². The second-order valence-electron chi connectivity index (χ2n) is 5.79. The summed E-state index contributed by atoms with van der Waals surface area (Å²) in [6.07, 6.45) is 1.38. The summed E-state index contributed by atoms with van der Waals surface area (Å²) in [5.74, 6) is 0.353. The van der Waals surface area contributed by atoms with Gasteiger partial charge in [0.05, 0.1) is 11.2 Å². The highest BCUT2D eigenvalue weighted by molar-refractivity contribution is 6.36. The Morgan fingerprint density at radius 3 is 2.64 bits per heavy atom. The molecule has 0 fully saturated rings. The molecule has 1 aromatic heterocycles. The standard InChI is InChI=1S/C20H15Cl2N3O3/c1-12(26)24-15-4-2-3-13(9-15)20(27)25-23-11-16-6-8-19(28-16)17-7-5-14(21)10-18(17)22/h2-11H,1H3,(H,24,26)(H,25,27). The lowest BCUT2D eigenvalue weighted by molar-refractivity contribution is -0.114. The molecule has 142 valence electrons. The van der Waals surface area contributed by atoms with Gasteiger partial charge in [-0.05, 0) is 48.5 Å². The lowest BCUT2D eigenvalue weighted by Gasteiger charge is -2.04. The van der Waals surface area contributed by atoms with Crippen molar-refractivity contribution in [3.8, 4) is 11.3 Å². The number of nitrogens with one attached hydrogen (secondary N) is 2. The number of rotatable bonds is 5. The van der Waals surface area contributed by atoms with Gasteiger partial charge in [-0.25, -0.2) is 5.43 Å². The number of hydrogen-bond acceptors (Lipinski definition) is 4. The van der Waals surface area contributed by atoms with Crippen LogP contribution < -0.4 is 10.7 Å². The van der Waals surface area contributed by atoms with Crippen LogP contribution in [0.15, 0.2) is 64.1 Å². The molecule has 0 aliphatic heterocycles. The Morgan fingerprint density at radius 1 is 1.07 bits per heavy atom. The van der Waals surface area contributed by atoms with Crippen LogP contribution in [0.5, 0.6) is 0 Å². The molecular weight excluding hydrogens is 401 g/mol. The van der Waals surface area contributed by atoms with E-state index in [1.165, 1.54) is 13.1 Å². The molecule has 0 aliphatic carbocycles. The molecule has 2 amide bonds. The van der Waals surface area contributed by atoms with Crippen molar-refractivity contribution in [3.05, 3.63) is 76.0 Å². The zero-order chi connectivity index (χ0) is 20.1. The number of carbonyl (C=O) groups excluding carboxylic acids is 2. The highest BCUT2D eigenvalue weighted by Crippen LogP contribution is 2.31. The fourth-order valence-corrected chi connectivity index (χ4v) is 2.92. The smallest absolute Gasteiger partial charge is 0.271 e. The summed E-state index contributed by atoms with van der Waals surface area (Å²) < 4.78 is 5.67. The summed E-state index contributed by atoms with van der Waals surface area (Å²) in [5, 5.41) is 7.51. The van der Waals surface area contributed by atoms with Gasteiger partial charge in [-0.2, -0.15) is 5.10 Å². The second kappa shape index (κ2) is 8.73. The minimum atomic E-state index is -0.420. The SMILES string of the molecule is CC(=O)Nc1cccc(C(=O)NN=Cc2ccc(-c3ccc(Cl)cc3Cl)o2)c1. The molecule has 6 nitrogen and oxygen atoms in total. The van der Waals surface area contributed by atoms with E-state index in [-0.39, 0.29) is 5.91 Å². The van der Waals surface area contributed by atoms with E-state index in [9.17, 15) is 9.59 Å². The molecule has 2 N–H and O–H groups in total. The van der Waals surface area contributed by atoms with Crippen LogP contribution in [0.3, 0.4) is 0 Å². The minimum absolute atomic E-state index is 0.218. The van der Waals surface area contributed by atoms with Crippen LogP contribution in [0.25, 0.3) is 11.3 Å². The molecule has 0 spiro atoms. The van der Waals surface area contributed by atoms with Gasteiger partial charge in [0.2, 0.25) is 5.91 Å². The van der Waals surface area contributed by atoms with Gasteiger partial charge < -0.3 is 9.73 Å². The average Bonchev–Trinajstić information content (AvgIpc) is 3.10. The second-order valence-corrected chi connectivity index (χ2v) is 6.63. The maximum absolute atomic E-state index is 12.2. The zero-order valence-electron chi connectivity index (χ0n) is 14.7. The van der Waals surface area contributed by atoms with Crippen LogP contribution in [0.2, 0.25) is 10.0 Å². The molecule has 0 atom stereocenters. The Hall–Kier alpha value is -3.09. The van der Waals surface area contributed by atoms with Gasteiger partial charge in [-0.3, -0.25) is 9.59 Å². The topological polar surface area (TPSA) is 83.7 Å². The van der Waals surface area contributed by atoms with E-state index in [1.54, 1.807) is 54.6 Å². The van der Waals surface area contributed by atoms with E-state index in [0.29, 0.717) is 38.4 Å². The Kier molecular flexibility index (Phi) is 6.13. The van der Waals surface area contributed by atoms with Gasteiger partial charge >= 0.3 is 0 Å². The van der Waals surface area contributed by atoms with E-state index in [2.05, 4.69) is 15.8 Å². The van der Waals surface area contributed by atoms with Gasteiger partial charge in [-0.15, -0.1) is 0 Å². The summed E-state index contributed by atoms with van der Waals surface area (Å²) >= 11 is 12.1. The van der Waals surface area contributed by atoms with Gasteiger partial charge in [-0.1, -0.05) is 29.3 Å². The van der Waals surface area contributed by atoms with Crippen LogP contribution in [0.4, 0.5) is 5.69 Å². The molecule has 0 aliphatic rings. The number of nitrogens with zero attached hydrogens (tertiary/aromatic N) is 1. The maximum atomic E-state index is 12.2. The van der Waals surface area contributed by atoms with Gasteiger partial charge in [0.25, 0.3) is 5.91 Å². The van der Waals surface area contributed by atoms with Crippen molar-refractivity contribution in [3.63, 3.8) is 0 Å². The summed E-state index contributed by atoms with van der Waals surface area (Å²) in [6.45, 7) is 1.39. The van der Waals surface area contributed by atoms with Crippen molar-refractivity contribution in [2.75, 3.05) is 5.32 Å². The number of hydrazone groups is 1. The lowest BCUT2D eigenvalue weighted by Crippen LogP contribution is -2.18. The first-order valence-corrected chi connectivity index (χ1v) is 8.94. The molecule has 0 radical (unpaired) electrons. The van der Waals surface area contributed by atoms with Crippen LogP contribution in [-0.4, -0.2) is 18.0 Å². The van der Waals surface area contributed by atoms with Gasteiger partial charge in [0.15, 0.2) is 0 Å². The highest BCUT2D eigenvalue weighted by Gasteiger charge is 2.09. The van der Waals surface area contributed by atoms with E-state index in [0.717, 1.165) is 0 Å². The van der Waals surface area contributed by atoms with Crippen molar-refractivity contribution in [2.45, 2.75) is 6.92 Å². The van der Waals surface area contributed by atoms with Crippen molar-refractivity contribution >= 4 is 46.9 Å². The normalized spacial score (nSPS) is 10.8. The third-order valence-corrected chi connectivity index (χ3v) is 4.17. The highest BCUT2D eigenvalue weighted by atomic mass is 35.5. The molecule has 3 aromatic rings. The number of hydrogen-bond donors (Lipinski definition) is 2. The van der Waals surface area contributed by atoms with Crippen LogP contribution >= 0.6 is 23.2 Å². The molecule has 2 aromatic carbocycles. The monoisotopic (exact) mass is 415 g/mol. The van der Waals surface area contributed by atoms with Crippen molar-refractivity contribution in [2.24, 2.45) is 5.10 Å². The predicted molar refractivity (Wildman–Crippen MR) is 110 cm³/mol. The third-order valence-electron chi connectivity index (χ3n) is 3.63. The first-order valence-electron chi connectivity index (χ1n) is 8.19. The fourth-order valence-electron chi connectivity index (χ4n) is 2.42. The number of carbonyl (C=O) groups is 2.